The third-order valence-electron chi connectivity index (χ3n) is 2.60. The van der Waals surface area contributed by atoms with Gasteiger partial charge in [0.05, 0.1) is 5.69 Å². The zero-order valence-corrected chi connectivity index (χ0v) is 9.64. The van der Waals surface area contributed by atoms with Gasteiger partial charge in [-0.15, -0.1) is 11.3 Å². The number of aromatic nitrogens is 1. The number of aliphatic carboxylic acids is 1. The molecule has 1 aliphatic carbocycles. The van der Waals surface area contributed by atoms with Gasteiger partial charge in [-0.05, 0) is 28.8 Å². The number of halogens is 1. The van der Waals surface area contributed by atoms with Crippen molar-refractivity contribution in [3.63, 3.8) is 0 Å². The molecule has 76 valence electrons. The number of hydrogen-bond donors (Lipinski definition) is 2. The number of hydrogen-bond acceptors (Lipinski definition) is 4. The molecule has 6 heteroatoms. The quantitative estimate of drug-likeness (QED) is 0.855. The number of nitrogens with two attached hydrogens (primary N) is 1. The van der Waals surface area contributed by atoms with E-state index in [1.165, 1.54) is 11.3 Å². The van der Waals surface area contributed by atoms with E-state index in [-0.39, 0.29) is 6.04 Å². The highest BCUT2D eigenvalue weighted by molar-refractivity contribution is 9.11. The Morgan fingerprint density at radius 3 is 2.79 bits per heavy atom. The summed E-state index contributed by atoms with van der Waals surface area (Å²) in [6.45, 7) is 0. The average molecular weight is 277 g/mol. The molecule has 1 aromatic heterocycles. The molecule has 14 heavy (non-hydrogen) atoms. The molecule has 0 aromatic carbocycles. The Morgan fingerprint density at radius 2 is 2.43 bits per heavy atom. The number of carboxylic acids is 1. The van der Waals surface area contributed by atoms with E-state index in [9.17, 15) is 4.79 Å². The second-order valence-electron chi connectivity index (χ2n) is 3.54. The molecule has 1 heterocycles. The molecule has 0 amide bonds. The first-order valence-electron chi connectivity index (χ1n) is 4.15. The van der Waals surface area contributed by atoms with Crippen LogP contribution in [0.1, 0.15) is 18.5 Å². The van der Waals surface area contributed by atoms with Crippen LogP contribution in [0.25, 0.3) is 0 Å². The minimum absolute atomic E-state index is 0.00780. The van der Waals surface area contributed by atoms with Crippen molar-refractivity contribution in [2.75, 3.05) is 0 Å². The fraction of sp³-hybridized carbons (Fsp3) is 0.500. The van der Waals surface area contributed by atoms with Gasteiger partial charge in [-0.3, -0.25) is 4.79 Å². The molecular weight excluding hydrogens is 268 g/mol. The van der Waals surface area contributed by atoms with Crippen LogP contribution in [0.5, 0.6) is 0 Å². The van der Waals surface area contributed by atoms with Gasteiger partial charge < -0.3 is 10.8 Å². The summed E-state index contributed by atoms with van der Waals surface area (Å²) in [6.07, 6.45) is 0.969. The van der Waals surface area contributed by atoms with Crippen molar-refractivity contribution >= 4 is 33.2 Å². The molecule has 0 spiro atoms. The fourth-order valence-corrected chi connectivity index (χ4v) is 2.91. The summed E-state index contributed by atoms with van der Waals surface area (Å²) in [7, 11) is 0. The lowest BCUT2D eigenvalue weighted by molar-refractivity contribution is -0.148. The Balaban J connectivity index is 2.34. The fourth-order valence-electron chi connectivity index (χ4n) is 1.80. The third kappa shape index (κ3) is 1.37. The van der Waals surface area contributed by atoms with E-state index in [1.54, 1.807) is 5.38 Å². The molecule has 0 bridgehead atoms. The van der Waals surface area contributed by atoms with Crippen molar-refractivity contribution in [1.82, 2.24) is 4.98 Å². The van der Waals surface area contributed by atoms with E-state index in [0.717, 1.165) is 0 Å². The van der Waals surface area contributed by atoms with Gasteiger partial charge in [0.2, 0.25) is 0 Å². The normalized spacial score (nSPS) is 31.1. The number of thiazole rings is 1. The maximum Gasteiger partial charge on any atom is 0.315 e. The first-order chi connectivity index (χ1) is 6.54. The maximum absolute atomic E-state index is 11.2. The molecule has 0 atom stereocenters. The first-order valence-corrected chi connectivity index (χ1v) is 5.82. The summed E-state index contributed by atoms with van der Waals surface area (Å²) >= 11 is 4.63. The number of nitrogens with zero attached hydrogens (tertiary/aromatic N) is 1. The second-order valence-corrected chi connectivity index (χ2v) is 5.68. The Bertz CT molecular complexity index is 373. The van der Waals surface area contributed by atoms with Crippen molar-refractivity contribution < 1.29 is 9.90 Å². The Hall–Kier alpha value is -0.460. The minimum Gasteiger partial charge on any atom is -0.481 e. The van der Waals surface area contributed by atoms with E-state index < -0.39 is 11.4 Å². The standard InChI is InChI=1S/C8H9BrN2O2S/c9-7-11-5(3-14-7)8(6(12)13)1-4(10)2-8/h3-4H,1-2,10H2,(H,12,13). The van der Waals surface area contributed by atoms with Crippen LogP contribution in [0.3, 0.4) is 0 Å². The second kappa shape index (κ2) is 3.29. The molecule has 1 saturated carbocycles. The lowest BCUT2D eigenvalue weighted by Gasteiger charge is -2.41. The zero-order valence-electron chi connectivity index (χ0n) is 7.24. The number of carboxylic acid groups (broad SMARTS) is 1. The summed E-state index contributed by atoms with van der Waals surface area (Å²) in [5, 5.41) is 10.9. The minimum atomic E-state index is -0.831. The van der Waals surface area contributed by atoms with E-state index in [2.05, 4.69) is 20.9 Å². The molecule has 0 saturated heterocycles. The molecule has 0 unspecified atom stereocenters. The SMILES string of the molecule is NC1CC(C(=O)O)(c2csc(Br)n2)C1. The van der Waals surface area contributed by atoms with Crippen LogP contribution in [0.15, 0.2) is 9.30 Å². The Labute approximate surface area is 93.3 Å². The smallest absolute Gasteiger partial charge is 0.315 e. The molecule has 3 N–H and O–H groups in total. The van der Waals surface area contributed by atoms with Crippen molar-refractivity contribution in [1.29, 1.82) is 0 Å². The van der Waals surface area contributed by atoms with Gasteiger partial charge in [-0.2, -0.15) is 0 Å². The van der Waals surface area contributed by atoms with Gasteiger partial charge in [0.15, 0.2) is 3.92 Å². The highest BCUT2D eigenvalue weighted by Crippen LogP contribution is 2.43. The predicted molar refractivity (Wildman–Crippen MR) is 56.3 cm³/mol. The molecule has 0 radical (unpaired) electrons. The molecule has 0 aliphatic heterocycles. The largest absolute Gasteiger partial charge is 0.481 e. The van der Waals surface area contributed by atoms with Crippen LogP contribution in [0, 0.1) is 0 Å². The number of carbonyl (C=O) groups is 1. The van der Waals surface area contributed by atoms with Crippen LogP contribution in [0.2, 0.25) is 0 Å². The van der Waals surface area contributed by atoms with Crippen molar-refractivity contribution in [3.05, 3.63) is 15.0 Å². The summed E-state index contributed by atoms with van der Waals surface area (Å²) < 4.78 is 0.716. The highest BCUT2D eigenvalue weighted by Gasteiger charge is 2.52. The molecule has 1 fully saturated rings. The van der Waals surface area contributed by atoms with Crippen molar-refractivity contribution in [2.24, 2.45) is 5.73 Å². The Morgan fingerprint density at radius 1 is 1.79 bits per heavy atom. The first kappa shape index (κ1) is 10.1. The molecule has 4 nitrogen and oxygen atoms in total. The third-order valence-corrected chi connectivity index (χ3v) is 3.96. The summed E-state index contributed by atoms with van der Waals surface area (Å²) in [4.78, 5) is 15.3. The van der Waals surface area contributed by atoms with Gasteiger partial charge in [0, 0.05) is 11.4 Å². The number of rotatable bonds is 2. The summed E-state index contributed by atoms with van der Waals surface area (Å²) in [5.41, 5.74) is 5.43. The lowest BCUT2D eigenvalue weighted by atomic mass is 9.64. The monoisotopic (exact) mass is 276 g/mol. The van der Waals surface area contributed by atoms with Crippen molar-refractivity contribution in [2.45, 2.75) is 24.3 Å². The molecule has 1 aliphatic rings. The maximum atomic E-state index is 11.2. The molecular formula is C8H9BrN2O2S. The summed E-state index contributed by atoms with van der Waals surface area (Å²) in [5.74, 6) is -0.822. The molecule has 1 aromatic rings. The predicted octanol–water partition coefficient (Wildman–Crippen LogP) is 1.35. The van der Waals surface area contributed by atoms with Crippen LogP contribution in [-0.2, 0) is 10.2 Å². The van der Waals surface area contributed by atoms with Crippen molar-refractivity contribution in [3.8, 4) is 0 Å². The lowest BCUT2D eigenvalue weighted by Crippen LogP contribution is -2.54. The van der Waals surface area contributed by atoms with Gasteiger partial charge in [0.25, 0.3) is 0 Å². The zero-order chi connectivity index (χ0) is 10.3. The van der Waals surface area contributed by atoms with Crippen LogP contribution in [-0.4, -0.2) is 22.1 Å². The van der Waals surface area contributed by atoms with Crippen LogP contribution >= 0.6 is 27.3 Å². The highest BCUT2D eigenvalue weighted by atomic mass is 79.9. The molecule has 2 rings (SSSR count). The summed E-state index contributed by atoms with van der Waals surface area (Å²) in [6, 6.07) is -0.00780. The Kier molecular flexibility index (Phi) is 2.36. The van der Waals surface area contributed by atoms with Gasteiger partial charge in [-0.1, -0.05) is 0 Å². The van der Waals surface area contributed by atoms with Gasteiger partial charge >= 0.3 is 5.97 Å². The van der Waals surface area contributed by atoms with E-state index in [4.69, 9.17) is 10.8 Å². The topological polar surface area (TPSA) is 76.2 Å². The van der Waals surface area contributed by atoms with E-state index >= 15 is 0 Å². The van der Waals surface area contributed by atoms with E-state index in [0.29, 0.717) is 22.5 Å². The van der Waals surface area contributed by atoms with Crippen LogP contribution < -0.4 is 5.73 Å². The van der Waals surface area contributed by atoms with Gasteiger partial charge in [0.1, 0.15) is 5.41 Å². The van der Waals surface area contributed by atoms with E-state index in [1.807, 2.05) is 0 Å². The average Bonchev–Trinajstić information content (AvgIpc) is 2.45. The van der Waals surface area contributed by atoms with Gasteiger partial charge in [-0.25, -0.2) is 4.98 Å². The van der Waals surface area contributed by atoms with Crippen LogP contribution in [0.4, 0.5) is 0 Å².